The van der Waals surface area contributed by atoms with Crippen molar-refractivity contribution in [1.29, 1.82) is 0 Å². The fourth-order valence-electron chi connectivity index (χ4n) is 3.43. The predicted molar refractivity (Wildman–Crippen MR) is 91.2 cm³/mol. The summed E-state index contributed by atoms with van der Waals surface area (Å²) < 4.78 is 38.4. The number of hydrogen-bond donors (Lipinski definition) is 3. The second kappa shape index (κ2) is 6.05. The first kappa shape index (κ1) is 18.0. The second-order valence-electron chi connectivity index (χ2n) is 7.62. The molecule has 0 radical (unpaired) electrons. The van der Waals surface area contributed by atoms with Gasteiger partial charge >= 0.3 is 6.18 Å². The van der Waals surface area contributed by atoms with Gasteiger partial charge in [0, 0.05) is 17.5 Å². The summed E-state index contributed by atoms with van der Waals surface area (Å²) in [6, 6.07) is 2.86. The third-order valence-electron chi connectivity index (χ3n) is 4.96. The zero-order valence-electron chi connectivity index (χ0n) is 14.6. The molecule has 9 heteroatoms. The molecule has 144 valence electrons. The van der Waals surface area contributed by atoms with Crippen molar-refractivity contribution in [1.82, 2.24) is 15.2 Å². The number of aromatic nitrogens is 3. The number of benzene rings is 1. The zero-order chi connectivity index (χ0) is 19.4. The summed E-state index contributed by atoms with van der Waals surface area (Å²) >= 11 is 0. The number of nitrogens with one attached hydrogen (secondary N) is 1. The summed E-state index contributed by atoms with van der Waals surface area (Å²) in [5, 5.41) is 31.2. The van der Waals surface area contributed by atoms with Gasteiger partial charge in [-0.1, -0.05) is 0 Å². The summed E-state index contributed by atoms with van der Waals surface area (Å²) in [6.45, 7) is 1.76. The molecule has 0 aliphatic heterocycles. The van der Waals surface area contributed by atoms with Gasteiger partial charge in [-0.2, -0.15) is 13.2 Å². The number of rotatable bonds is 4. The van der Waals surface area contributed by atoms with Crippen LogP contribution in [0.4, 0.5) is 19.1 Å². The van der Waals surface area contributed by atoms with Crippen molar-refractivity contribution in [3.8, 4) is 17.0 Å². The minimum atomic E-state index is -4.53. The lowest BCUT2D eigenvalue weighted by Crippen LogP contribution is -2.48. The van der Waals surface area contributed by atoms with Crippen LogP contribution in [0.2, 0.25) is 0 Å². The summed E-state index contributed by atoms with van der Waals surface area (Å²) in [5.41, 5.74) is -0.504. The molecule has 2 aliphatic rings. The van der Waals surface area contributed by atoms with Crippen molar-refractivity contribution >= 4 is 5.95 Å². The first-order valence-corrected chi connectivity index (χ1v) is 8.76. The van der Waals surface area contributed by atoms with Gasteiger partial charge in [-0.25, -0.2) is 4.98 Å². The van der Waals surface area contributed by atoms with E-state index in [1.54, 1.807) is 6.92 Å². The molecule has 0 amide bonds. The van der Waals surface area contributed by atoms with Crippen LogP contribution in [0, 0.1) is 0 Å². The fourth-order valence-corrected chi connectivity index (χ4v) is 3.43. The smallest absolute Gasteiger partial charge is 0.416 e. The van der Waals surface area contributed by atoms with Gasteiger partial charge in [0.1, 0.15) is 11.4 Å². The Labute approximate surface area is 153 Å². The van der Waals surface area contributed by atoms with Crippen molar-refractivity contribution in [3.05, 3.63) is 29.5 Å². The molecule has 1 aromatic carbocycles. The number of hydrogen-bond acceptors (Lipinski definition) is 6. The highest BCUT2D eigenvalue weighted by atomic mass is 19.4. The maximum Gasteiger partial charge on any atom is 0.416 e. The predicted octanol–water partition coefficient (Wildman–Crippen LogP) is 3.47. The van der Waals surface area contributed by atoms with Gasteiger partial charge in [0.15, 0.2) is 0 Å². The molecule has 3 N–H and O–H groups in total. The van der Waals surface area contributed by atoms with Gasteiger partial charge in [-0.3, -0.25) is 0 Å². The van der Waals surface area contributed by atoms with E-state index in [-0.39, 0.29) is 17.5 Å². The monoisotopic (exact) mass is 380 g/mol. The lowest BCUT2D eigenvalue weighted by atomic mass is 9.77. The van der Waals surface area contributed by atoms with Crippen molar-refractivity contribution in [3.63, 3.8) is 0 Å². The quantitative estimate of drug-likeness (QED) is 0.752. The molecular formula is C18H19F3N4O2. The molecule has 1 heterocycles. The van der Waals surface area contributed by atoms with Crippen molar-refractivity contribution in [2.24, 2.45) is 0 Å². The van der Waals surface area contributed by atoms with E-state index in [0.29, 0.717) is 36.2 Å². The maximum absolute atomic E-state index is 12.8. The molecule has 2 aliphatic carbocycles. The summed E-state index contributed by atoms with van der Waals surface area (Å²) in [7, 11) is 0. The topological polar surface area (TPSA) is 91.2 Å². The molecular weight excluding hydrogens is 361 g/mol. The van der Waals surface area contributed by atoms with Gasteiger partial charge in [-0.05, 0) is 50.8 Å². The average molecular weight is 380 g/mol. The molecule has 0 atom stereocenters. The van der Waals surface area contributed by atoms with E-state index < -0.39 is 23.1 Å². The molecule has 0 saturated heterocycles. The van der Waals surface area contributed by atoms with E-state index in [9.17, 15) is 23.4 Å². The minimum Gasteiger partial charge on any atom is -0.507 e. The third-order valence-corrected chi connectivity index (χ3v) is 4.96. The summed E-state index contributed by atoms with van der Waals surface area (Å²) in [6.07, 6.45) is -1.56. The van der Waals surface area contributed by atoms with Crippen LogP contribution < -0.4 is 5.32 Å². The first-order valence-electron chi connectivity index (χ1n) is 8.76. The van der Waals surface area contributed by atoms with E-state index in [0.717, 1.165) is 18.9 Å². The number of phenols is 1. The number of aromatic hydroxyl groups is 1. The maximum atomic E-state index is 12.8. The SMILES string of the molecule is CC1(O)CC(Nc2nnc(-c3ccc(C(F)(F)F)cc3O)c(C3CC3)n2)C1. The molecule has 2 fully saturated rings. The van der Waals surface area contributed by atoms with E-state index in [4.69, 9.17) is 0 Å². The fraction of sp³-hybridized carbons (Fsp3) is 0.500. The Bertz CT molecular complexity index is 873. The second-order valence-corrected chi connectivity index (χ2v) is 7.62. The Morgan fingerprint density at radius 2 is 1.89 bits per heavy atom. The highest BCUT2D eigenvalue weighted by Gasteiger charge is 2.39. The number of phenolic OH excluding ortho intramolecular Hbond substituents is 1. The Morgan fingerprint density at radius 3 is 2.44 bits per heavy atom. The summed E-state index contributed by atoms with van der Waals surface area (Å²) in [4.78, 5) is 4.49. The molecule has 2 aromatic rings. The van der Waals surface area contributed by atoms with Crippen LogP contribution in [0.3, 0.4) is 0 Å². The van der Waals surface area contributed by atoms with E-state index in [1.165, 1.54) is 6.07 Å². The van der Waals surface area contributed by atoms with E-state index in [2.05, 4.69) is 20.5 Å². The Hall–Kier alpha value is -2.42. The number of anilines is 1. The Balaban J connectivity index is 1.63. The number of nitrogens with zero attached hydrogens (tertiary/aromatic N) is 3. The lowest BCUT2D eigenvalue weighted by Gasteiger charge is -2.41. The van der Waals surface area contributed by atoms with Crippen molar-refractivity contribution < 1.29 is 23.4 Å². The first-order chi connectivity index (χ1) is 12.6. The molecule has 27 heavy (non-hydrogen) atoms. The molecule has 0 spiro atoms. The van der Waals surface area contributed by atoms with Gasteiger partial charge < -0.3 is 15.5 Å². The average Bonchev–Trinajstić information content (AvgIpc) is 3.37. The standard InChI is InChI=1S/C18H19F3N4O2/c1-17(27)7-11(8-17)22-16-23-14(9-2-3-9)15(24-25-16)12-5-4-10(6-13(12)26)18(19,20)21/h4-6,9,11,26-27H,2-3,7-8H2,1H3,(H,22,23,25). The molecule has 2 saturated carbocycles. The normalized spacial score (nSPS) is 25.1. The number of halogens is 3. The molecule has 6 nitrogen and oxygen atoms in total. The van der Waals surface area contributed by atoms with Crippen molar-refractivity contribution in [2.45, 2.75) is 56.3 Å². The van der Waals surface area contributed by atoms with Gasteiger partial charge in [-0.15, -0.1) is 10.2 Å². The Kier molecular flexibility index (Phi) is 4.03. The number of aliphatic hydroxyl groups is 1. The Morgan fingerprint density at radius 1 is 1.19 bits per heavy atom. The zero-order valence-corrected chi connectivity index (χ0v) is 14.6. The van der Waals surface area contributed by atoms with Gasteiger partial charge in [0.2, 0.25) is 5.95 Å². The van der Waals surface area contributed by atoms with E-state index >= 15 is 0 Å². The van der Waals surface area contributed by atoms with Crippen LogP contribution in [0.25, 0.3) is 11.3 Å². The highest BCUT2D eigenvalue weighted by Crippen LogP contribution is 2.45. The highest BCUT2D eigenvalue weighted by molar-refractivity contribution is 5.70. The largest absolute Gasteiger partial charge is 0.507 e. The van der Waals surface area contributed by atoms with Crippen LogP contribution >= 0.6 is 0 Å². The van der Waals surface area contributed by atoms with Crippen molar-refractivity contribution in [2.75, 3.05) is 5.32 Å². The minimum absolute atomic E-state index is 0.0548. The molecule has 4 rings (SSSR count). The van der Waals surface area contributed by atoms with Crippen LogP contribution in [0.1, 0.15) is 49.8 Å². The lowest BCUT2D eigenvalue weighted by molar-refractivity contribution is -0.137. The molecule has 1 aromatic heterocycles. The summed E-state index contributed by atoms with van der Waals surface area (Å²) in [5.74, 6) is -0.0200. The van der Waals surface area contributed by atoms with Gasteiger partial charge in [0.25, 0.3) is 0 Å². The third kappa shape index (κ3) is 3.69. The molecule has 0 bridgehead atoms. The van der Waals surface area contributed by atoms with Crippen LogP contribution in [0.5, 0.6) is 5.75 Å². The van der Waals surface area contributed by atoms with Crippen LogP contribution in [0.15, 0.2) is 18.2 Å². The van der Waals surface area contributed by atoms with Crippen LogP contribution in [-0.2, 0) is 6.18 Å². The molecule has 0 unspecified atom stereocenters. The van der Waals surface area contributed by atoms with Gasteiger partial charge in [0.05, 0.1) is 16.9 Å². The van der Waals surface area contributed by atoms with E-state index in [1.807, 2.05) is 0 Å². The number of alkyl halides is 3. The van der Waals surface area contributed by atoms with Crippen LogP contribution in [-0.4, -0.2) is 37.0 Å².